The van der Waals surface area contributed by atoms with Gasteiger partial charge < -0.3 is 14.5 Å². The lowest BCUT2D eigenvalue weighted by Gasteiger charge is -2.36. The van der Waals surface area contributed by atoms with Crippen LogP contribution in [0.3, 0.4) is 0 Å². The van der Waals surface area contributed by atoms with Gasteiger partial charge in [0.05, 0.1) is 24.3 Å². The molecule has 35 heavy (non-hydrogen) atoms. The number of fused-ring (bicyclic) bond motifs is 1. The summed E-state index contributed by atoms with van der Waals surface area (Å²) in [4.78, 5) is 18.5. The number of rotatable bonds is 9. The van der Waals surface area contributed by atoms with E-state index in [1.165, 1.54) is 0 Å². The van der Waals surface area contributed by atoms with Crippen LogP contribution < -0.4 is 10.3 Å². The summed E-state index contributed by atoms with van der Waals surface area (Å²) in [6, 6.07) is 7.64. The first-order valence-electron chi connectivity index (χ1n) is 12.6. The quantitative estimate of drug-likeness (QED) is 0.491. The maximum Gasteiger partial charge on any atom is 0.252 e. The zero-order valence-electron chi connectivity index (χ0n) is 21.7. The van der Waals surface area contributed by atoms with Gasteiger partial charge in [0.25, 0.3) is 5.56 Å². The number of hydrogen-bond acceptors (Lipinski definition) is 7. The van der Waals surface area contributed by atoms with E-state index in [0.29, 0.717) is 25.3 Å². The number of tetrazole rings is 1. The fourth-order valence-corrected chi connectivity index (χ4v) is 4.89. The van der Waals surface area contributed by atoms with Crippen molar-refractivity contribution in [3.63, 3.8) is 0 Å². The summed E-state index contributed by atoms with van der Waals surface area (Å²) >= 11 is 0. The molecule has 9 nitrogen and oxygen atoms in total. The van der Waals surface area contributed by atoms with Crippen molar-refractivity contribution in [1.29, 1.82) is 0 Å². The van der Waals surface area contributed by atoms with Crippen LogP contribution in [0.2, 0.25) is 0 Å². The van der Waals surface area contributed by atoms with E-state index in [2.05, 4.69) is 60.0 Å². The van der Waals surface area contributed by atoms with Crippen molar-refractivity contribution in [2.75, 3.05) is 19.8 Å². The number of H-pyrrole nitrogens is 1. The monoisotopic (exact) mass is 482 g/mol. The Bertz CT molecular complexity index is 1190. The van der Waals surface area contributed by atoms with Gasteiger partial charge in [0.15, 0.2) is 5.82 Å². The highest BCUT2D eigenvalue weighted by Gasteiger charge is 2.34. The number of ether oxygens (including phenoxy) is 2. The third kappa shape index (κ3) is 5.73. The topological polar surface area (TPSA) is 98.2 Å². The maximum absolute atomic E-state index is 13.1. The van der Waals surface area contributed by atoms with Crippen molar-refractivity contribution < 1.29 is 9.47 Å². The van der Waals surface area contributed by atoms with Crippen LogP contribution in [0.15, 0.2) is 29.1 Å². The van der Waals surface area contributed by atoms with Crippen LogP contribution in [0.25, 0.3) is 10.9 Å². The first-order valence-corrected chi connectivity index (χ1v) is 12.6. The molecule has 0 aliphatic carbocycles. The van der Waals surface area contributed by atoms with E-state index in [1.807, 2.05) is 35.9 Å². The van der Waals surface area contributed by atoms with Crippen LogP contribution in [0.4, 0.5) is 0 Å². The predicted molar refractivity (Wildman–Crippen MR) is 136 cm³/mol. The molecule has 1 aliphatic rings. The van der Waals surface area contributed by atoms with Crippen molar-refractivity contribution in [1.82, 2.24) is 30.1 Å². The van der Waals surface area contributed by atoms with Crippen molar-refractivity contribution in [3.05, 3.63) is 46.0 Å². The third-order valence-electron chi connectivity index (χ3n) is 6.46. The lowest BCUT2D eigenvalue weighted by atomic mass is 9.98. The summed E-state index contributed by atoms with van der Waals surface area (Å²) in [5.41, 5.74) is 1.14. The molecule has 3 aromatic rings. The maximum atomic E-state index is 13.1. The van der Waals surface area contributed by atoms with E-state index >= 15 is 0 Å². The van der Waals surface area contributed by atoms with Crippen molar-refractivity contribution in [2.45, 2.75) is 78.6 Å². The molecule has 0 saturated carbocycles. The van der Waals surface area contributed by atoms with Gasteiger partial charge in [-0.25, -0.2) is 4.68 Å². The van der Waals surface area contributed by atoms with Gasteiger partial charge in [0.2, 0.25) is 0 Å². The lowest BCUT2D eigenvalue weighted by molar-refractivity contribution is 0.0371. The second-order valence-electron chi connectivity index (χ2n) is 10.7. The number of nitrogens with zero attached hydrogens (tertiary/aromatic N) is 5. The molecule has 1 fully saturated rings. The van der Waals surface area contributed by atoms with Gasteiger partial charge in [-0.2, -0.15) is 0 Å². The summed E-state index contributed by atoms with van der Waals surface area (Å²) < 4.78 is 13.6. The molecular formula is C26H38N6O3. The number of pyridine rings is 1. The van der Waals surface area contributed by atoms with Gasteiger partial charge >= 0.3 is 0 Å². The predicted octanol–water partition coefficient (Wildman–Crippen LogP) is 4.05. The van der Waals surface area contributed by atoms with E-state index in [9.17, 15) is 4.79 Å². The van der Waals surface area contributed by atoms with Gasteiger partial charge in [-0.1, -0.05) is 13.8 Å². The molecular weight excluding hydrogens is 444 g/mol. The molecule has 190 valence electrons. The highest BCUT2D eigenvalue weighted by Crippen LogP contribution is 2.32. The molecule has 2 atom stereocenters. The van der Waals surface area contributed by atoms with E-state index in [-0.39, 0.29) is 29.2 Å². The molecule has 3 heterocycles. The molecule has 0 unspecified atom stereocenters. The minimum absolute atomic E-state index is 0.0849. The first kappa shape index (κ1) is 25.3. The molecule has 9 heteroatoms. The van der Waals surface area contributed by atoms with Crippen LogP contribution in [0, 0.1) is 5.92 Å². The highest BCUT2D eigenvalue weighted by molar-refractivity contribution is 5.80. The second-order valence-corrected chi connectivity index (χ2v) is 10.7. The molecule has 0 amide bonds. The van der Waals surface area contributed by atoms with Crippen LogP contribution >= 0.6 is 0 Å². The van der Waals surface area contributed by atoms with Crippen LogP contribution in [0.1, 0.15) is 71.8 Å². The molecule has 0 bridgehead atoms. The molecule has 1 aliphatic heterocycles. The zero-order chi connectivity index (χ0) is 25.2. The van der Waals surface area contributed by atoms with E-state index in [1.54, 1.807) is 0 Å². The molecule has 1 saturated heterocycles. The summed E-state index contributed by atoms with van der Waals surface area (Å²) in [7, 11) is 0. The van der Waals surface area contributed by atoms with E-state index < -0.39 is 0 Å². The molecule has 0 spiro atoms. The number of nitrogens with one attached hydrogen (secondary N) is 1. The van der Waals surface area contributed by atoms with E-state index in [4.69, 9.17) is 9.47 Å². The van der Waals surface area contributed by atoms with Gasteiger partial charge in [-0.05, 0) is 81.1 Å². The summed E-state index contributed by atoms with van der Waals surface area (Å²) in [6.07, 6.45) is 2.19. The second kappa shape index (κ2) is 10.5. The average Bonchev–Trinajstić information content (AvgIpc) is 3.47. The van der Waals surface area contributed by atoms with Crippen molar-refractivity contribution in [3.8, 4) is 5.75 Å². The number of aromatic nitrogens is 5. The van der Waals surface area contributed by atoms with Gasteiger partial charge in [0, 0.05) is 36.2 Å². The fraction of sp³-hybridized carbons (Fsp3) is 0.615. The number of aromatic amines is 1. The third-order valence-corrected chi connectivity index (χ3v) is 6.46. The van der Waals surface area contributed by atoms with Crippen LogP contribution in [-0.4, -0.2) is 56.0 Å². The fourth-order valence-electron chi connectivity index (χ4n) is 4.89. The number of hydrogen-bond donors (Lipinski definition) is 1. The molecule has 2 aromatic heterocycles. The standard InChI is InChI=1S/C26H38N6O3/c1-7-34-20-10-11-22-18(14-20)13-19(25(33)27-22)15-31(16-21-9-8-12-35-21)23(17(2)3)24-28-29-30-32(24)26(4,5)6/h10-11,13-14,17,21,23H,7-9,12,15-16H2,1-6H3,(H,27,33)/t21-,23-/m1/s1. The summed E-state index contributed by atoms with van der Waals surface area (Å²) in [5, 5.41) is 13.7. The van der Waals surface area contributed by atoms with Gasteiger partial charge in [-0.15, -0.1) is 5.10 Å². The Hall–Kier alpha value is -2.78. The normalized spacial score (nSPS) is 17.5. The summed E-state index contributed by atoms with van der Waals surface area (Å²) in [6.45, 7) is 15.1. The minimum atomic E-state index is -0.266. The van der Waals surface area contributed by atoms with Crippen molar-refractivity contribution >= 4 is 10.9 Å². The Morgan fingerprint density at radius 1 is 1.29 bits per heavy atom. The van der Waals surface area contributed by atoms with Crippen LogP contribution in [0.5, 0.6) is 5.75 Å². The summed E-state index contributed by atoms with van der Waals surface area (Å²) in [5.74, 6) is 1.81. The SMILES string of the molecule is CCOc1ccc2[nH]c(=O)c(CN(C[C@H]3CCCO3)[C@@H](c3nnnn3C(C)(C)C)C(C)C)cc2c1. The van der Waals surface area contributed by atoms with Gasteiger partial charge in [0.1, 0.15) is 5.75 Å². The molecule has 0 radical (unpaired) electrons. The van der Waals surface area contributed by atoms with Gasteiger partial charge in [-0.3, -0.25) is 9.69 Å². The smallest absolute Gasteiger partial charge is 0.252 e. The molecule has 1 N–H and O–H groups in total. The Morgan fingerprint density at radius 2 is 2.09 bits per heavy atom. The van der Waals surface area contributed by atoms with E-state index in [0.717, 1.165) is 41.9 Å². The molecule has 1 aromatic carbocycles. The zero-order valence-corrected chi connectivity index (χ0v) is 21.7. The average molecular weight is 483 g/mol. The first-order chi connectivity index (χ1) is 16.7. The lowest BCUT2D eigenvalue weighted by Crippen LogP contribution is -2.41. The highest BCUT2D eigenvalue weighted by atomic mass is 16.5. The Balaban J connectivity index is 1.75. The largest absolute Gasteiger partial charge is 0.494 e. The minimum Gasteiger partial charge on any atom is -0.494 e. The molecule has 4 rings (SSSR count). The Morgan fingerprint density at radius 3 is 2.74 bits per heavy atom. The Kier molecular flexibility index (Phi) is 7.56. The van der Waals surface area contributed by atoms with Crippen LogP contribution in [-0.2, 0) is 16.8 Å². The number of benzene rings is 1. The Labute approximate surface area is 206 Å². The van der Waals surface area contributed by atoms with Crippen molar-refractivity contribution in [2.24, 2.45) is 5.92 Å².